The van der Waals surface area contributed by atoms with Crippen molar-refractivity contribution in [3.63, 3.8) is 0 Å². The van der Waals surface area contributed by atoms with E-state index in [1.54, 1.807) is 7.05 Å². The Labute approximate surface area is 195 Å². The first-order chi connectivity index (χ1) is 14.0. The molecule has 3 rings (SSSR count). The van der Waals surface area contributed by atoms with Crippen molar-refractivity contribution >= 4 is 29.9 Å². The minimum atomic E-state index is 0. The van der Waals surface area contributed by atoms with Crippen molar-refractivity contribution in [1.29, 1.82) is 0 Å². The summed E-state index contributed by atoms with van der Waals surface area (Å²) in [6.07, 6.45) is 1.98. The Kier molecular flexibility index (Phi) is 9.16. The first-order valence-electron chi connectivity index (χ1n) is 9.85. The molecule has 0 saturated carbocycles. The Morgan fingerprint density at radius 1 is 1.10 bits per heavy atom. The molecule has 0 spiro atoms. The Balaban J connectivity index is 0.00000320. The predicted molar refractivity (Wildman–Crippen MR) is 133 cm³/mol. The Morgan fingerprint density at radius 3 is 2.53 bits per heavy atom. The van der Waals surface area contributed by atoms with Crippen molar-refractivity contribution in [1.82, 2.24) is 20.6 Å². The average Bonchev–Trinajstić information content (AvgIpc) is 3.19. The molecule has 0 aliphatic heterocycles. The number of benzene rings is 2. The number of hydrogen-bond acceptors (Lipinski definition) is 3. The summed E-state index contributed by atoms with van der Waals surface area (Å²) in [6, 6.07) is 16.4. The van der Waals surface area contributed by atoms with Crippen molar-refractivity contribution in [3.05, 3.63) is 71.7 Å². The first-order valence-corrected chi connectivity index (χ1v) is 9.85. The van der Waals surface area contributed by atoms with Gasteiger partial charge < -0.3 is 20.4 Å². The minimum Gasteiger partial charge on any atom is -0.491 e. The van der Waals surface area contributed by atoms with Crippen molar-refractivity contribution < 1.29 is 4.74 Å². The standard InChI is InChI=1S/C23H29N5O.HI/c1-16(2)29-21-12-17(3)10-11-19(21)13-26-23(24-4)27-15-22-25-14-20(28-22)18-8-6-5-7-9-18;/h5-12,14,16H,13,15H2,1-4H3,(H,25,28)(H2,24,26,27);1H. The van der Waals surface area contributed by atoms with E-state index < -0.39 is 0 Å². The number of nitrogens with zero attached hydrogens (tertiary/aromatic N) is 2. The van der Waals surface area contributed by atoms with Crippen LogP contribution in [0.3, 0.4) is 0 Å². The molecule has 0 fully saturated rings. The fourth-order valence-electron chi connectivity index (χ4n) is 2.96. The van der Waals surface area contributed by atoms with Gasteiger partial charge >= 0.3 is 0 Å². The summed E-state index contributed by atoms with van der Waals surface area (Å²) in [5.74, 6) is 2.46. The second-order valence-corrected chi connectivity index (χ2v) is 7.17. The van der Waals surface area contributed by atoms with Crippen LogP contribution in [-0.4, -0.2) is 29.1 Å². The Morgan fingerprint density at radius 2 is 1.83 bits per heavy atom. The second-order valence-electron chi connectivity index (χ2n) is 7.17. The molecule has 1 heterocycles. The first kappa shape index (κ1) is 23.7. The van der Waals surface area contributed by atoms with E-state index in [0.29, 0.717) is 19.0 Å². The summed E-state index contributed by atoms with van der Waals surface area (Å²) in [5, 5.41) is 6.64. The highest BCUT2D eigenvalue weighted by Crippen LogP contribution is 2.21. The number of ether oxygens (including phenoxy) is 1. The molecule has 0 radical (unpaired) electrons. The molecule has 3 N–H and O–H groups in total. The third-order valence-electron chi connectivity index (χ3n) is 4.39. The summed E-state index contributed by atoms with van der Waals surface area (Å²) in [7, 11) is 1.76. The van der Waals surface area contributed by atoms with Crippen LogP contribution in [0.2, 0.25) is 0 Å². The van der Waals surface area contributed by atoms with Gasteiger partial charge in [-0.15, -0.1) is 24.0 Å². The zero-order valence-corrected chi connectivity index (χ0v) is 20.2. The van der Waals surface area contributed by atoms with Gasteiger partial charge in [0.05, 0.1) is 24.5 Å². The molecular weight excluding hydrogens is 489 g/mol. The largest absolute Gasteiger partial charge is 0.491 e. The van der Waals surface area contributed by atoms with Crippen molar-refractivity contribution in [2.45, 2.75) is 40.0 Å². The molecule has 30 heavy (non-hydrogen) atoms. The quantitative estimate of drug-likeness (QED) is 0.241. The minimum absolute atomic E-state index is 0. The number of aryl methyl sites for hydroxylation is 1. The highest BCUT2D eigenvalue weighted by Gasteiger charge is 2.08. The van der Waals surface area contributed by atoms with Crippen LogP contribution in [0.25, 0.3) is 11.3 Å². The fraction of sp³-hybridized carbons (Fsp3) is 0.304. The van der Waals surface area contributed by atoms with Crippen LogP contribution in [0, 0.1) is 6.92 Å². The lowest BCUT2D eigenvalue weighted by Gasteiger charge is -2.17. The maximum absolute atomic E-state index is 5.95. The molecule has 0 aliphatic carbocycles. The number of rotatable bonds is 7. The van der Waals surface area contributed by atoms with Crippen LogP contribution >= 0.6 is 24.0 Å². The van der Waals surface area contributed by atoms with E-state index in [1.165, 1.54) is 5.56 Å². The van der Waals surface area contributed by atoms with E-state index >= 15 is 0 Å². The monoisotopic (exact) mass is 519 g/mol. The summed E-state index contributed by atoms with van der Waals surface area (Å²) in [6.45, 7) is 7.31. The molecule has 2 aromatic carbocycles. The van der Waals surface area contributed by atoms with Gasteiger partial charge in [-0.1, -0.05) is 42.5 Å². The second kappa shape index (κ2) is 11.6. The van der Waals surface area contributed by atoms with Gasteiger partial charge in [-0.05, 0) is 38.0 Å². The number of aromatic nitrogens is 2. The summed E-state index contributed by atoms with van der Waals surface area (Å²) in [5.41, 5.74) is 4.39. The number of aromatic amines is 1. The molecule has 1 aromatic heterocycles. The fourth-order valence-corrected chi connectivity index (χ4v) is 2.96. The molecule has 0 unspecified atom stereocenters. The van der Waals surface area contributed by atoms with Gasteiger partial charge in [0.15, 0.2) is 5.96 Å². The third-order valence-corrected chi connectivity index (χ3v) is 4.39. The number of H-pyrrole nitrogens is 1. The van der Waals surface area contributed by atoms with Gasteiger partial charge in [-0.3, -0.25) is 4.99 Å². The maximum Gasteiger partial charge on any atom is 0.191 e. The van der Waals surface area contributed by atoms with E-state index in [4.69, 9.17) is 4.74 Å². The lowest BCUT2D eigenvalue weighted by atomic mass is 10.1. The van der Waals surface area contributed by atoms with E-state index in [0.717, 1.165) is 28.4 Å². The SMILES string of the molecule is CN=C(NCc1ncc(-c2ccccc2)[nH]1)NCc1ccc(C)cc1OC(C)C.I. The molecule has 0 bridgehead atoms. The molecule has 160 valence electrons. The van der Waals surface area contributed by atoms with Crippen LogP contribution in [0.4, 0.5) is 0 Å². The lowest BCUT2D eigenvalue weighted by molar-refractivity contribution is 0.239. The molecule has 3 aromatic rings. The van der Waals surface area contributed by atoms with E-state index in [9.17, 15) is 0 Å². The summed E-state index contributed by atoms with van der Waals surface area (Å²) >= 11 is 0. The van der Waals surface area contributed by atoms with Crippen LogP contribution in [0.5, 0.6) is 5.75 Å². The Hall–Kier alpha value is -2.55. The van der Waals surface area contributed by atoms with Gasteiger partial charge in [0.1, 0.15) is 11.6 Å². The molecule has 0 aliphatic rings. The molecule has 6 nitrogen and oxygen atoms in total. The lowest BCUT2D eigenvalue weighted by Crippen LogP contribution is -2.36. The van der Waals surface area contributed by atoms with E-state index in [-0.39, 0.29) is 30.1 Å². The predicted octanol–water partition coefficient (Wildman–Crippen LogP) is 4.66. The van der Waals surface area contributed by atoms with Gasteiger partial charge in [0, 0.05) is 19.2 Å². The topological polar surface area (TPSA) is 74.3 Å². The van der Waals surface area contributed by atoms with Crippen molar-refractivity contribution in [3.8, 4) is 17.0 Å². The zero-order valence-electron chi connectivity index (χ0n) is 17.9. The number of imidazole rings is 1. The molecule has 0 atom stereocenters. The number of halogens is 1. The van der Waals surface area contributed by atoms with Gasteiger partial charge in [0.2, 0.25) is 0 Å². The highest BCUT2D eigenvalue weighted by atomic mass is 127. The molecule has 0 saturated heterocycles. The van der Waals surface area contributed by atoms with Crippen LogP contribution in [0.15, 0.2) is 59.7 Å². The normalized spacial score (nSPS) is 11.2. The number of guanidine groups is 1. The van der Waals surface area contributed by atoms with E-state index in [2.05, 4.69) is 62.8 Å². The summed E-state index contributed by atoms with van der Waals surface area (Å²) < 4.78 is 5.95. The van der Waals surface area contributed by atoms with Gasteiger partial charge in [0.25, 0.3) is 0 Å². The third kappa shape index (κ3) is 6.76. The van der Waals surface area contributed by atoms with E-state index in [1.807, 2.05) is 38.2 Å². The van der Waals surface area contributed by atoms with Crippen LogP contribution in [0.1, 0.15) is 30.8 Å². The number of aliphatic imine (C=N–C) groups is 1. The van der Waals surface area contributed by atoms with Crippen LogP contribution in [-0.2, 0) is 13.1 Å². The van der Waals surface area contributed by atoms with Gasteiger partial charge in [-0.2, -0.15) is 0 Å². The average molecular weight is 519 g/mol. The Bertz CT molecular complexity index is 953. The van der Waals surface area contributed by atoms with Crippen molar-refractivity contribution in [2.24, 2.45) is 4.99 Å². The zero-order chi connectivity index (χ0) is 20.6. The molecule has 0 amide bonds. The number of hydrogen-bond donors (Lipinski definition) is 3. The van der Waals surface area contributed by atoms with Crippen molar-refractivity contribution in [2.75, 3.05) is 7.05 Å². The smallest absolute Gasteiger partial charge is 0.191 e. The molecule has 7 heteroatoms. The molecular formula is C23H30IN5O. The van der Waals surface area contributed by atoms with Crippen LogP contribution < -0.4 is 15.4 Å². The highest BCUT2D eigenvalue weighted by molar-refractivity contribution is 14.0. The van der Waals surface area contributed by atoms with Gasteiger partial charge in [-0.25, -0.2) is 4.98 Å². The maximum atomic E-state index is 5.95. The summed E-state index contributed by atoms with van der Waals surface area (Å²) in [4.78, 5) is 12.1. The number of nitrogens with one attached hydrogen (secondary N) is 3.